The maximum absolute atomic E-state index is 11.9. The van der Waals surface area contributed by atoms with Gasteiger partial charge in [0.25, 0.3) is 7.82 Å². The number of methoxy groups -OCH3 is 1. The van der Waals surface area contributed by atoms with E-state index in [9.17, 15) is 9.46 Å². The van der Waals surface area contributed by atoms with E-state index in [2.05, 4.69) is 0 Å². The molecule has 0 radical (unpaired) electrons. The highest BCUT2D eigenvalue weighted by molar-refractivity contribution is 7.45. The number of fused-ring (bicyclic) bond motifs is 1. The molecular formula is C17H26NO6P. The van der Waals surface area contributed by atoms with Gasteiger partial charge in [-0.15, -0.1) is 0 Å². The van der Waals surface area contributed by atoms with Crippen LogP contribution in [0.4, 0.5) is 0 Å². The second-order valence-corrected chi connectivity index (χ2v) is 8.24. The molecule has 1 saturated heterocycles. The van der Waals surface area contributed by atoms with E-state index in [0.717, 1.165) is 25.7 Å². The normalized spacial score (nSPS) is 31.0. The van der Waals surface area contributed by atoms with Gasteiger partial charge in [-0.1, -0.05) is 12.5 Å². The molecule has 0 N–H and O–H groups in total. The minimum absolute atomic E-state index is 0.00121. The van der Waals surface area contributed by atoms with Crippen LogP contribution in [0.5, 0.6) is 0 Å². The molecule has 1 saturated carbocycles. The van der Waals surface area contributed by atoms with Crippen molar-refractivity contribution in [1.82, 2.24) is 0 Å². The van der Waals surface area contributed by atoms with Crippen molar-refractivity contribution in [3.05, 3.63) is 30.6 Å². The molecule has 1 aliphatic heterocycles. The quantitative estimate of drug-likeness (QED) is 0.483. The van der Waals surface area contributed by atoms with Crippen LogP contribution in [-0.4, -0.2) is 39.1 Å². The third-order valence-electron chi connectivity index (χ3n) is 5.04. The Morgan fingerprint density at radius 1 is 1.32 bits per heavy atom. The lowest BCUT2D eigenvalue weighted by molar-refractivity contribution is -0.697. The molecule has 7 nitrogen and oxygen atoms in total. The Balaban J connectivity index is 1.42. The minimum atomic E-state index is -4.32. The number of nitrogens with zero attached hydrogens (tertiary/aromatic N) is 1. The van der Waals surface area contributed by atoms with Gasteiger partial charge < -0.3 is 23.4 Å². The van der Waals surface area contributed by atoms with Gasteiger partial charge in [0, 0.05) is 24.7 Å². The summed E-state index contributed by atoms with van der Waals surface area (Å²) >= 11 is 0. The highest BCUT2D eigenvalue weighted by Crippen LogP contribution is 2.50. The summed E-state index contributed by atoms with van der Waals surface area (Å²) in [5, 5.41) is 0. The van der Waals surface area contributed by atoms with Gasteiger partial charge in [-0.25, -0.2) is 4.57 Å². The first kappa shape index (κ1) is 19.0. The maximum atomic E-state index is 11.9. The molecule has 1 unspecified atom stereocenters. The summed E-state index contributed by atoms with van der Waals surface area (Å²) in [6, 6.07) is 5.64. The number of ether oxygens (including phenoxy) is 2. The number of hydrogen-bond donors (Lipinski definition) is 0. The highest BCUT2D eigenvalue weighted by atomic mass is 31.2. The number of phosphoric acid groups is 1. The van der Waals surface area contributed by atoms with Crippen molar-refractivity contribution in [2.75, 3.05) is 26.9 Å². The molecule has 140 valence electrons. The molecule has 0 spiro atoms. The summed E-state index contributed by atoms with van der Waals surface area (Å²) in [6.45, 7) is 1.13. The first-order valence-corrected chi connectivity index (χ1v) is 10.2. The van der Waals surface area contributed by atoms with Crippen LogP contribution in [0.1, 0.15) is 25.7 Å². The molecular weight excluding hydrogens is 345 g/mol. The van der Waals surface area contributed by atoms with Gasteiger partial charge in [0.1, 0.15) is 6.61 Å². The summed E-state index contributed by atoms with van der Waals surface area (Å²) in [6.07, 6.45) is 7.56. The van der Waals surface area contributed by atoms with Crippen molar-refractivity contribution < 1.29 is 32.5 Å². The summed E-state index contributed by atoms with van der Waals surface area (Å²) in [7, 11) is -2.63. The Labute approximate surface area is 148 Å². The number of pyridine rings is 1. The van der Waals surface area contributed by atoms with Gasteiger partial charge >= 0.3 is 0 Å². The van der Waals surface area contributed by atoms with Gasteiger partial charge in [-0.3, -0.25) is 4.57 Å². The average molecular weight is 371 g/mol. The lowest BCUT2D eigenvalue weighted by Crippen LogP contribution is -2.35. The van der Waals surface area contributed by atoms with Crippen molar-refractivity contribution in [2.45, 2.75) is 44.4 Å². The monoisotopic (exact) mass is 371 g/mol. The number of hydrogen-bond acceptors (Lipinski definition) is 6. The zero-order chi connectivity index (χ0) is 17.8. The number of aromatic nitrogens is 1. The minimum Gasteiger partial charge on any atom is -0.756 e. The molecule has 1 aliphatic carbocycles. The molecule has 1 aromatic rings. The summed E-state index contributed by atoms with van der Waals surface area (Å²) in [4.78, 5) is 11.9. The van der Waals surface area contributed by atoms with Crippen LogP contribution in [0.15, 0.2) is 30.6 Å². The topological polar surface area (TPSA) is 80.9 Å². The van der Waals surface area contributed by atoms with Crippen LogP contribution in [0.3, 0.4) is 0 Å². The molecule has 0 amide bonds. The van der Waals surface area contributed by atoms with Crippen LogP contribution < -0.4 is 9.46 Å². The Morgan fingerprint density at radius 3 is 2.88 bits per heavy atom. The van der Waals surface area contributed by atoms with Crippen LogP contribution >= 0.6 is 7.82 Å². The first-order chi connectivity index (χ1) is 12.0. The second-order valence-electron chi connectivity index (χ2n) is 6.83. The van der Waals surface area contributed by atoms with E-state index < -0.39 is 7.82 Å². The Morgan fingerprint density at radius 2 is 2.12 bits per heavy atom. The Bertz CT molecular complexity index is 600. The van der Waals surface area contributed by atoms with Crippen molar-refractivity contribution in [1.29, 1.82) is 0 Å². The van der Waals surface area contributed by atoms with Gasteiger partial charge in [0.05, 0.1) is 25.4 Å². The fourth-order valence-corrected chi connectivity index (χ4v) is 4.68. The maximum Gasteiger partial charge on any atom is 0.268 e. The molecule has 0 bridgehead atoms. The van der Waals surface area contributed by atoms with Crippen LogP contribution in [0, 0.1) is 5.41 Å². The standard InChI is InChI=1S/C17H26NO6P/c1-21-14-17-7-5-6-16(17)24-15(12-17)13-23-25(19,20)22-11-10-18-8-3-2-4-9-18/h2-4,8-9,15-16H,5-7,10-14H2,1H3/t15-,16+,17+/m1/s1. The molecule has 3 rings (SSSR count). The zero-order valence-electron chi connectivity index (χ0n) is 14.5. The van der Waals surface area contributed by atoms with E-state index in [1.54, 1.807) is 7.11 Å². The predicted molar refractivity (Wildman–Crippen MR) is 87.6 cm³/mol. The van der Waals surface area contributed by atoms with Crippen molar-refractivity contribution in [3.63, 3.8) is 0 Å². The highest BCUT2D eigenvalue weighted by Gasteiger charge is 2.51. The van der Waals surface area contributed by atoms with Crippen LogP contribution in [-0.2, 0) is 29.6 Å². The van der Waals surface area contributed by atoms with E-state index in [4.69, 9.17) is 18.5 Å². The molecule has 25 heavy (non-hydrogen) atoms. The molecule has 8 heteroatoms. The van der Waals surface area contributed by atoms with E-state index in [-0.39, 0.29) is 30.8 Å². The number of phosphoric ester groups is 1. The molecule has 0 aromatic carbocycles. The van der Waals surface area contributed by atoms with Crippen molar-refractivity contribution in [3.8, 4) is 0 Å². The Kier molecular flexibility index (Phi) is 6.25. The van der Waals surface area contributed by atoms with E-state index in [1.165, 1.54) is 0 Å². The first-order valence-electron chi connectivity index (χ1n) is 8.72. The van der Waals surface area contributed by atoms with E-state index in [0.29, 0.717) is 13.2 Å². The van der Waals surface area contributed by atoms with Crippen LogP contribution in [0.25, 0.3) is 0 Å². The third-order valence-corrected chi connectivity index (χ3v) is 6.01. The third kappa shape index (κ3) is 4.88. The molecule has 2 aliphatic rings. The van der Waals surface area contributed by atoms with Crippen LogP contribution in [0.2, 0.25) is 0 Å². The summed E-state index contributed by atoms with van der Waals surface area (Å²) in [5.74, 6) is 0. The predicted octanol–water partition coefficient (Wildman–Crippen LogP) is 1.45. The number of rotatable bonds is 9. The SMILES string of the molecule is COC[C@@]12CCC[C@@H]1O[C@@H](COP(=O)([O-])OCC[n+]1ccccc1)C2. The second kappa shape index (κ2) is 8.25. The van der Waals surface area contributed by atoms with Gasteiger partial charge in [0.15, 0.2) is 18.9 Å². The zero-order valence-corrected chi connectivity index (χ0v) is 15.4. The van der Waals surface area contributed by atoms with Gasteiger partial charge in [-0.05, 0) is 19.3 Å². The van der Waals surface area contributed by atoms with E-state index >= 15 is 0 Å². The van der Waals surface area contributed by atoms with Crippen molar-refractivity contribution in [2.24, 2.45) is 5.41 Å². The summed E-state index contributed by atoms with van der Waals surface area (Å²) < 4.78 is 35.1. The van der Waals surface area contributed by atoms with E-state index in [1.807, 2.05) is 35.2 Å². The fraction of sp³-hybridized carbons (Fsp3) is 0.706. The molecule has 2 heterocycles. The molecule has 4 atom stereocenters. The lowest BCUT2D eigenvalue weighted by atomic mass is 9.82. The smallest absolute Gasteiger partial charge is 0.268 e. The van der Waals surface area contributed by atoms with Crippen molar-refractivity contribution >= 4 is 7.82 Å². The average Bonchev–Trinajstić information content (AvgIpc) is 3.11. The van der Waals surface area contributed by atoms with Gasteiger partial charge in [0.2, 0.25) is 0 Å². The Hall–Kier alpha value is -0.820. The fourth-order valence-electron chi connectivity index (χ4n) is 3.95. The largest absolute Gasteiger partial charge is 0.756 e. The molecule has 1 aromatic heterocycles. The van der Waals surface area contributed by atoms with Gasteiger partial charge in [-0.2, -0.15) is 0 Å². The molecule has 2 fully saturated rings. The summed E-state index contributed by atoms with van der Waals surface area (Å²) in [5.41, 5.74) is 0.0143. The lowest BCUT2D eigenvalue weighted by Gasteiger charge is -2.26.